The van der Waals surface area contributed by atoms with Gasteiger partial charge < -0.3 is 49.9 Å². The molecule has 0 aromatic heterocycles. The Balaban J connectivity index is 1.61. The largest absolute Gasteiger partial charge is 0.379 e. The van der Waals surface area contributed by atoms with E-state index in [-0.39, 0.29) is 150 Å². The number of primary amides is 1. The number of likely N-dealkylation sites (N-methyl/N-ethyl adjacent to an activating group) is 2. The van der Waals surface area contributed by atoms with Crippen LogP contribution in [-0.2, 0) is 93.8 Å². The zero-order chi connectivity index (χ0) is 68.3. The number of unbranched alkanes of at least 4 members (excludes halogenated alkanes) is 1. The number of hydrogen-bond acceptors (Lipinski definition) is 18. The maximum absolute atomic E-state index is 14.5. The molecule has 91 heavy (non-hydrogen) atoms. The quantitative estimate of drug-likeness (QED) is 0.0536. The Morgan fingerprint density at radius 2 is 1.31 bits per heavy atom. The van der Waals surface area contributed by atoms with E-state index in [1.54, 1.807) is 49.8 Å². The molecule has 25 nitrogen and oxygen atoms in total. The van der Waals surface area contributed by atoms with E-state index < -0.39 is 87.6 Å². The molecule has 2 heterocycles. The summed E-state index contributed by atoms with van der Waals surface area (Å²) in [5, 5.41) is 5.54. The first kappa shape index (κ1) is 79.2. The smallest absolute Gasteiger partial charge is 0.253 e. The number of rotatable bonds is 45. The van der Waals surface area contributed by atoms with Crippen LogP contribution in [0.25, 0.3) is 0 Å². The number of Topliss-reactive ketones (excluding diaryl/α,β-unsaturated/α-hetero) is 2. The molecule has 0 spiro atoms. The molecule has 0 radical (unpaired) electrons. The van der Waals surface area contributed by atoms with Gasteiger partial charge >= 0.3 is 0 Å². The summed E-state index contributed by atoms with van der Waals surface area (Å²) < 4.78 is 57.8. The lowest BCUT2D eigenvalue weighted by molar-refractivity contribution is -0.149. The molecule has 5 N–H and O–H groups in total. The van der Waals surface area contributed by atoms with E-state index in [4.69, 9.17) is 29.4 Å². The SMILES string of the molecule is CCC(C)[C@@H]([C@@H](CC(=O)N1CCC[C@H]1[C@H](OC)[C@@H](C)C(=O)NS(=O)(=O)Cc1ccc(CC(=O)[C@H](CCCCC(N)=O)NC(=O)[C@@H](NC(=O)CCOCCOCCOCCN2C(=O)C=CC2=O)C(C)C)cc1)OC)N(C)C(=O)[C@@H](CC(=O)[C@H](C(C)C)N(C)C)C(C)C. The fraction of sp³-hybridized carbons (Fsp3) is 0.723. The van der Waals surface area contributed by atoms with Gasteiger partial charge in [0.15, 0.2) is 11.6 Å². The lowest BCUT2D eigenvalue weighted by Crippen LogP contribution is -2.54. The molecule has 1 saturated heterocycles. The van der Waals surface area contributed by atoms with Crippen LogP contribution in [0.2, 0.25) is 0 Å². The molecule has 1 aromatic rings. The highest BCUT2D eigenvalue weighted by molar-refractivity contribution is 7.89. The molecule has 0 bridgehead atoms. The molecule has 1 fully saturated rings. The third-order valence-electron chi connectivity index (χ3n) is 17.0. The monoisotopic (exact) mass is 1300 g/mol. The normalized spacial score (nSPS) is 17.4. The average molecular weight is 1300 g/mol. The van der Waals surface area contributed by atoms with Crippen LogP contribution >= 0.6 is 0 Å². The number of methoxy groups -OCH3 is 2. The van der Waals surface area contributed by atoms with Crippen molar-refractivity contribution in [3.05, 3.63) is 47.5 Å². The van der Waals surface area contributed by atoms with Crippen molar-refractivity contribution in [3.63, 3.8) is 0 Å². The predicted octanol–water partition coefficient (Wildman–Crippen LogP) is 3.52. The van der Waals surface area contributed by atoms with Crippen molar-refractivity contribution < 1.29 is 80.0 Å². The summed E-state index contributed by atoms with van der Waals surface area (Å²) in [7, 11) is 4.05. The second-order valence-electron chi connectivity index (χ2n) is 25.3. The second kappa shape index (κ2) is 39.5. The molecule has 2 aliphatic rings. The minimum atomic E-state index is -4.30. The molecule has 1 unspecified atom stereocenters. The van der Waals surface area contributed by atoms with Gasteiger partial charge in [0.05, 0.1) is 101 Å². The van der Waals surface area contributed by atoms with E-state index in [1.165, 1.54) is 38.5 Å². The standard InChI is InChI=1S/C65H106N8O17S/c1-15-44(8)61(71(12)65(83)48(41(2)3)38-52(75)60(43(6)7)70(10)11)53(86-13)39-58(80)72-29-18-20-50(72)62(87-14)45(9)63(81)69-91(84,85)40-47-24-22-46(23-25-47)37-51(74)49(19-16-17-21-54(66)76)67-64(82)59(42(4)5)68-55(77)28-31-88-33-35-90-36-34-89-32-30-73-56(78)26-27-57(73)79/h22-27,41-45,48-50,53,59-62H,15-21,28-40H2,1-14H3,(H2,66,76)(H,67,82)(H,68,77)(H,69,81)/t44?,45-,48+,49+,50+,53-,59+,60+,61+,62-/m1/s1. The average Bonchev–Trinajstić information content (AvgIpc) is 3.83. The van der Waals surface area contributed by atoms with Crippen LogP contribution in [0.4, 0.5) is 0 Å². The van der Waals surface area contributed by atoms with Gasteiger partial charge in [-0.3, -0.25) is 62.5 Å². The number of benzene rings is 1. The summed E-state index contributed by atoms with van der Waals surface area (Å²) in [5.74, 6) is -6.80. The first-order chi connectivity index (χ1) is 42.9. The highest BCUT2D eigenvalue weighted by Gasteiger charge is 2.44. The van der Waals surface area contributed by atoms with Crippen molar-refractivity contribution in [2.75, 3.05) is 88.1 Å². The number of amides is 8. The number of nitrogens with zero attached hydrogens (tertiary/aromatic N) is 4. The number of carbonyl (C=O) groups is 10. The van der Waals surface area contributed by atoms with Gasteiger partial charge in [0, 0.05) is 71.6 Å². The first-order valence-electron chi connectivity index (χ1n) is 32.0. The third kappa shape index (κ3) is 25.8. The minimum absolute atomic E-state index is 0.00945. The number of sulfonamides is 1. The maximum Gasteiger partial charge on any atom is 0.253 e. The van der Waals surface area contributed by atoms with Crippen LogP contribution in [0.5, 0.6) is 0 Å². The number of likely N-dealkylation sites (tertiary alicyclic amines) is 1. The Bertz CT molecular complexity index is 2680. The summed E-state index contributed by atoms with van der Waals surface area (Å²) in [4.78, 5) is 138. The van der Waals surface area contributed by atoms with Crippen molar-refractivity contribution in [2.24, 2.45) is 41.2 Å². The summed E-state index contributed by atoms with van der Waals surface area (Å²) in [6, 6.07) is 2.69. The van der Waals surface area contributed by atoms with Crippen molar-refractivity contribution in [2.45, 2.75) is 181 Å². The van der Waals surface area contributed by atoms with E-state index in [9.17, 15) is 56.4 Å². The number of hydrogen-bond donors (Lipinski definition) is 4. The van der Waals surface area contributed by atoms with Crippen LogP contribution < -0.4 is 21.1 Å². The van der Waals surface area contributed by atoms with Crippen molar-refractivity contribution in [3.8, 4) is 0 Å². The van der Waals surface area contributed by atoms with E-state index in [1.807, 2.05) is 60.5 Å². The van der Waals surface area contributed by atoms with Crippen LogP contribution in [0.3, 0.4) is 0 Å². The number of ether oxygens (including phenoxy) is 5. The third-order valence-corrected chi connectivity index (χ3v) is 18.3. The van der Waals surface area contributed by atoms with Crippen LogP contribution in [0.15, 0.2) is 36.4 Å². The molecular formula is C65H106N8O17S. The summed E-state index contributed by atoms with van der Waals surface area (Å²) >= 11 is 0. The van der Waals surface area contributed by atoms with Gasteiger partial charge in [-0.05, 0) is 74.6 Å². The Morgan fingerprint density at radius 3 is 1.85 bits per heavy atom. The van der Waals surface area contributed by atoms with E-state index in [2.05, 4.69) is 15.4 Å². The molecule has 10 atom stereocenters. The van der Waals surface area contributed by atoms with E-state index >= 15 is 0 Å². The first-order valence-corrected chi connectivity index (χ1v) is 33.6. The lowest BCUT2D eigenvalue weighted by atomic mass is 9.83. The minimum Gasteiger partial charge on any atom is -0.379 e. The number of imide groups is 1. The van der Waals surface area contributed by atoms with Gasteiger partial charge in [0.25, 0.3) is 11.8 Å². The van der Waals surface area contributed by atoms with Gasteiger partial charge in [-0.15, -0.1) is 0 Å². The molecule has 0 saturated carbocycles. The molecule has 8 amide bonds. The Morgan fingerprint density at radius 1 is 0.714 bits per heavy atom. The number of ketones is 2. The van der Waals surface area contributed by atoms with Crippen molar-refractivity contribution in [1.82, 2.24) is 35.0 Å². The Labute approximate surface area is 539 Å². The zero-order valence-electron chi connectivity index (χ0n) is 56.3. The number of carbonyl (C=O) groups excluding carboxylic acids is 10. The Kier molecular flexibility index (Phi) is 34.4. The fourth-order valence-electron chi connectivity index (χ4n) is 11.9. The summed E-state index contributed by atoms with van der Waals surface area (Å²) in [5.41, 5.74) is 6.17. The Hall–Kier alpha value is -6.03. The number of nitrogens with one attached hydrogen (secondary N) is 3. The highest BCUT2D eigenvalue weighted by Crippen LogP contribution is 2.31. The van der Waals surface area contributed by atoms with Gasteiger partial charge in [0.1, 0.15) is 6.04 Å². The fourth-order valence-corrected chi connectivity index (χ4v) is 13.1. The van der Waals surface area contributed by atoms with E-state index in [0.717, 1.165) is 4.90 Å². The topological polar surface area (TPSA) is 326 Å². The van der Waals surface area contributed by atoms with Crippen molar-refractivity contribution in [1.29, 1.82) is 0 Å². The zero-order valence-corrected chi connectivity index (χ0v) is 57.1. The summed E-state index contributed by atoms with van der Waals surface area (Å²) in [6.07, 6.45) is 3.27. The van der Waals surface area contributed by atoms with Gasteiger partial charge in [-0.1, -0.05) is 99.4 Å². The van der Waals surface area contributed by atoms with E-state index in [0.29, 0.717) is 49.8 Å². The molecule has 2 aliphatic heterocycles. The second-order valence-corrected chi connectivity index (χ2v) is 27.0. The summed E-state index contributed by atoms with van der Waals surface area (Å²) in [6.45, 7) is 18.4. The molecule has 0 aliphatic carbocycles. The van der Waals surface area contributed by atoms with Gasteiger partial charge in [-0.25, -0.2) is 8.42 Å². The highest BCUT2D eigenvalue weighted by atomic mass is 32.2. The van der Waals surface area contributed by atoms with Crippen LogP contribution in [0, 0.1) is 35.5 Å². The predicted molar refractivity (Wildman–Crippen MR) is 342 cm³/mol. The number of nitrogens with two attached hydrogens (primary N) is 1. The molecule has 514 valence electrons. The molecule has 26 heteroatoms. The molecule has 1 aromatic carbocycles. The van der Waals surface area contributed by atoms with Crippen LogP contribution in [-0.4, -0.2) is 217 Å². The van der Waals surface area contributed by atoms with Gasteiger partial charge in [-0.2, -0.15) is 0 Å². The molecular weight excluding hydrogens is 1200 g/mol. The van der Waals surface area contributed by atoms with Crippen LogP contribution in [0.1, 0.15) is 138 Å². The molecule has 3 rings (SSSR count). The van der Waals surface area contributed by atoms with Gasteiger partial charge in [0.2, 0.25) is 45.5 Å². The lowest BCUT2D eigenvalue weighted by Gasteiger charge is -2.41. The maximum atomic E-state index is 14.5. The van der Waals surface area contributed by atoms with Crippen molar-refractivity contribution >= 4 is 68.8 Å².